The molecule has 7 heteroatoms. The zero-order valence-corrected chi connectivity index (χ0v) is 16.7. The van der Waals surface area contributed by atoms with Gasteiger partial charge in [0.15, 0.2) is 5.78 Å². The number of H-pyrrole nitrogens is 1. The molecule has 27 heavy (non-hydrogen) atoms. The average Bonchev–Trinajstić information content (AvgIpc) is 3.23. The van der Waals surface area contributed by atoms with Crippen LogP contribution in [0.3, 0.4) is 0 Å². The third-order valence-electron chi connectivity index (χ3n) is 5.59. The number of piperidine rings is 1. The van der Waals surface area contributed by atoms with Gasteiger partial charge in [0.25, 0.3) is 0 Å². The van der Waals surface area contributed by atoms with Crippen LogP contribution in [-0.4, -0.2) is 49.7 Å². The highest BCUT2D eigenvalue weighted by molar-refractivity contribution is 5.96. The molecule has 0 radical (unpaired) electrons. The molecular formula is C20H29N5O2. The molecule has 0 saturated carbocycles. The van der Waals surface area contributed by atoms with Gasteiger partial charge in [0.05, 0.1) is 17.5 Å². The number of aryl methyl sites for hydroxylation is 3. The molecule has 7 nitrogen and oxygen atoms in total. The number of carbonyl (C=O) groups excluding carboxylic acids is 2. The lowest BCUT2D eigenvalue weighted by Gasteiger charge is -2.33. The van der Waals surface area contributed by atoms with Gasteiger partial charge >= 0.3 is 0 Å². The van der Waals surface area contributed by atoms with Gasteiger partial charge in [0.2, 0.25) is 5.91 Å². The van der Waals surface area contributed by atoms with E-state index in [4.69, 9.17) is 0 Å². The van der Waals surface area contributed by atoms with Crippen molar-refractivity contribution in [2.24, 2.45) is 0 Å². The first-order chi connectivity index (χ1) is 12.9. The maximum atomic E-state index is 12.8. The Hall–Kier alpha value is -2.44. The molecule has 1 amide bonds. The number of amides is 1. The normalized spacial score (nSPS) is 17.3. The number of Topliss-reactive ketones (excluding diaryl/α,β-unsaturated/α-hetero) is 1. The van der Waals surface area contributed by atoms with Gasteiger partial charge in [0, 0.05) is 43.4 Å². The van der Waals surface area contributed by atoms with Gasteiger partial charge in [-0.05, 0) is 45.6 Å². The van der Waals surface area contributed by atoms with Crippen molar-refractivity contribution in [2.45, 2.75) is 65.8 Å². The molecule has 0 aromatic carbocycles. The molecule has 2 aromatic rings. The Morgan fingerprint density at radius 3 is 2.78 bits per heavy atom. The summed E-state index contributed by atoms with van der Waals surface area (Å²) in [6.07, 6.45) is 5.33. The van der Waals surface area contributed by atoms with E-state index in [2.05, 4.69) is 22.2 Å². The van der Waals surface area contributed by atoms with E-state index in [-0.39, 0.29) is 11.7 Å². The van der Waals surface area contributed by atoms with Crippen LogP contribution in [0.15, 0.2) is 6.20 Å². The second kappa shape index (κ2) is 8.06. The van der Waals surface area contributed by atoms with E-state index in [1.54, 1.807) is 11.6 Å². The molecular weight excluding hydrogens is 342 g/mol. The number of hydrogen-bond donors (Lipinski definition) is 1. The van der Waals surface area contributed by atoms with Crippen LogP contribution in [0.1, 0.15) is 72.0 Å². The van der Waals surface area contributed by atoms with Crippen LogP contribution in [0.2, 0.25) is 0 Å². The van der Waals surface area contributed by atoms with Gasteiger partial charge in [-0.15, -0.1) is 0 Å². The minimum Gasteiger partial charge on any atom is -0.342 e. The number of rotatable bonds is 6. The fourth-order valence-corrected chi connectivity index (χ4v) is 4.18. The number of nitrogens with one attached hydrogen (secondary N) is 1. The first-order valence-electron chi connectivity index (χ1n) is 9.77. The molecule has 2 aromatic heterocycles. The fourth-order valence-electron chi connectivity index (χ4n) is 4.18. The molecule has 1 N–H and O–H groups in total. The van der Waals surface area contributed by atoms with Gasteiger partial charge in [-0.2, -0.15) is 10.2 Å². The van der Waals surface area contributed by atoms with Crippen LogP contribution in [0.4, 0.5) is 0 Å². The lowest BCUT2D eigenvalue weighted by atomic mass is 9.92. The Balaban J connectivity index is 1.63. The van der Waals surface area contributed by atoms with E-state index in [1.807, 2.05) is 24.9 Å². The Morgan fingerprint density at radius 1 is 1.33 bits per heavy atom. The Labute approximate surface area is 160 Å². The number of nitrogens with zero attached hydrogens (tertiary/aromatic N) is 4. The van der Waals surface area contributed by atoms with E-state index >= 15 is 0 Å². The van der Waals surface area contributed by atoms with Crippen LogP contribution >= 0.6 is 0 Å². The minimum atomic E-state index is 0.0211. The van der Waals surface area contributed by atoms with Gasteiger partial charge in [-0.25, -0.2) is 0 Å². The van der Waals surface area contributed by atoms with Crippen LogP contribution in [0.5, 0.6) is 0 Å². The van der Waals surface area contributed by atoms with Crippen LogP contribution in [0, 0.1) is 13.8 Å². The second-order valence-corrected chi connectivity index (χ2v) is 7.42. The zero-order chi connectivity index (χ0) is 19.6. The number of ketones is 1. The number of aromatic nitrogens is 4. The van der Waals surface area contributed by atoms with Crippen LogP contribution in [-0.2, 0) is 17.8 Å². The van der Waals surface area contributed by atoms with Crippen molar-refractivity contribution >= 4 is 11.7 Å². The van der Waals surface area contributed by atoms with Crippen molar-refractivity contribution in [1.29, 1.82) is 0 Å². The lowest BCUT2D eigenvalue weighted by Crippen LogP contribution is -2.39. The third kappa shape index (κ3) is 3.96. The quantitative estimate of drug-likeness (QED) is 0.792. The molecule has 146 valence electrons. The topological polar surface area (TPSA) is 83.9 Å². The first-order valence-corrected chi connectivity index (χ1v) is 9.77. The monoisotopic (exact) mass is 371 g/mol. The second-order valence-electron chi connectivity index (χ2n) is 7.42. The van der Waals surface area contributed by atoms with Crippen molar-refractivity contribution in [2.75, 3.05) is 13.1 Å². The van der Waals surface area contributed by atoms with Gasteiger partial charge < -0.3 is 4.90 Å². The van der Waals surface area contributed by atoms with Gasteiger partial charge in [0.1, 0.15) is 0 Å². The predicted molar refractivity (Wildman–Crippen MR) is 103 cm³/mol. The van der Waals surface area contributed by atoms with Crippen molar-refractivity contribution in [1.82, 2.24) is 24.9 Å². The highest BCUT2D eigenvalue weighted by Gasteiger charge is 2.27. The maximum Gasteiger partial charge on any atom is 0.224 e. The molecule has 1 fully saturated rings. The standard InChI is InChI=1S/C20H29N5O2/c1-5-16-11-21-22-20(16)17-7-6-9-24(12-17)18(27)8-10-25-14(3)19(15(4)26)13(2)23-25/h11,17H,5-10,12H2,1-4H3,(H,21,22). The molecule has 0 aliphatic carbocycles. The highest BCUT2D eigenvalue weighted by Crippen LogP contribution is 2.28. The summed E-state index contributed by atoms with van der Waals surface area (Å²) in [5.41, 5.74) is 4.67. The van der Waals surface area contributed by atoms with E-state index in [1.165, 1.54) is 11.3 Å². The molecule has 1 saturated heterocycles. The fraction of sp³-hybridized carbons (Fsp3) is 0.600. The zero-order valence-electron chi connectivity index (χ0n) is 16.7. The predicted octanol–water partition coefficient (Wildman–Crippen LogP) is 2.78. The van der Waals surface area contributed by atoms with Crippen molar-refractivity contribution < 1.29 is 9.59 Å². The summed E-state index contributed by atoms with van der Waals surface area (Å²) >= 11 is 0. The summed E-state index contributed by atoms with van der Waals surface area (Å²) in [5.74, 6) is 0.500. The Bertz CT molecular complexity index is 836. The summed E-state index contributed by atoms with van der Waals surface area (Å²) in [7, 11) is 0. The summed E-state index contributed by atoms with van der Waals surface area (Å²) in [6.45, 7) is 9.47. The number of likely N-dealkylation sites (tertiary alicyclic amines) is 1. The van der Waals surface area contributed by atoms with E-state index in [0.717, 1.165) is 43.7 Å². The van der Waals surface area contributed by atoms with Crippen LogP contribution in [0.25, 0.3) is 0 Å². The summed E-state index contributed by atoms with van der Waals surface area (Å²) in [6, 6.07) is 0. The highest BCUT2D eigenvalue weighted by atomic mass is 16.2. The molecule has 1 unspecified atom stereocenters. The first kappa shape index (κ1) is 19.3. The lowest BCUT2D eigenvalue weighted by molar-refractivity contribution is -0.132. The molecule has 3 rings (SSSR count). The Kier molecular flexibility index (Phi) is 5.77. The SMILES string of the molecule is CCc1cn[nH]c1C1CCCN(C(=O)CCn2nc(C)c(C(C)=O)c2C)C1. The minimum absolute atomic E-state index is 0.0211. The molecule has 1 aliphatic rings. The number of hydrogen-bond acceptors (Lipinski definition) is 4. The van der Waals surface area contributed by atoms with Gasteiger partial charge in [-0.3, -0.25) is 19.4 Å². The van der Waals surface area contributed by atoms with E-state index in [9.17, 15) is 9.59 Å². The van der Waals surface area contributed by atoms with Crippen molar-refractivity contribution in [3.05, 3.63) is 34.4 Å². The van der Waals surface area contributed by atoms with Crippen molar-refractivity contribution in [3.8, 4) is 0 Å². The van der Waals surface area contributed by atoms with Gasteiger partial charge in [-0.1, -0.05) is 6.92 Å². The maximum absolute atomic E-state index is 12.8. The summed E-state index contributed by atoms with van der Waals surface area (Å²) < 4.78 is 1.79. The molecule has 1 aliphatic heterocycles. The van der Waals surface area contributed by atoms with E-state index < -0.39 is 0 Å². The molecule has 1 atom stereocenters. The molecule has 3 heterocycles. The summed E-state index contributed by atoms with van der Waals surface area (Å²) in [4.78, 5) is 26.5. The smallest absolute Gasteiger partial charge is 0.224 e. The molecule has 0 spiro atoms. The van der Waals surface area contributed by atoms with E-state index in [0.29, 0.717) is 24.4 Å². The number of carbonyl (C=O) groups is 2. The Morgan fingerprint density at radius 2 is 2.11 bits per heavy atom. The van der Waals surface area contributed by atoms with Crippen molar-refractivity contribution in [3.63, 3.8) is 0 Å². The summed E-state index contributed by atoms with van der Waals surface area (Å²) in [5, 5.41) is 11.8. The number of aromatic amines is 1. The third-order valence-corrected chi connectivity index (χ3v) is 5.59. The molecule has 0 bridgehead atoms. The largest absolute Gasteiger partial charge is 0.342 e. The van der Waals surface area contributed by atoms with Crippen LogP contribution < -0.4 is 0 Å². The average molecular weight is 371 g/mol.